The van der Waals surface area contributed by atoms with Gasteiger partial charge in [-0.25, -0.2) is 9.69 Å². The molecule has 0 saturated carbocycles. The van der Waals surface area contributed by atoms with Crippen LogP contribution in [-0.4, -0.2) is 25.0 Å². The molecule has 1 aliphatic rings. The SMILES string of the molecule is CCc1ccc(N2C(=O)NC(=O)/C(=C\c3cc(Cl)c(OCc4cc(C)cc(C)c4)c(OC)c3)C2=O)cc1. The molecule has 4 amide bonds. The van der Waals surface area contributed by atoms with Crippen molar-refractivity contribution < 1.29 is 23.9 Å². The predicted molar refractivity (Wildman–Crippen MR) is 143 cm³/mol. The molecule has 3 aromatic carbocycles. The van der Waals surface area contributed by atoms with Crippen molar-refractivity contribution in [3.05, 3.63) is 93.0 Å². The van der Waals surface area contributed by atoms with E-state index in [1.807, 2.05) is 45.0 Å². The highest BCUT2D eigenvalue weighted by atomic mass is 35.5. The summed E-state index contributed by atoms with van der Waals surface area (Å²) < 4.78 is 11.5. The number of anilines is 1. The van der Waals surface area contributed by atoms with E-state index in [2.05, 4.69) is 11.4 Å². The summed E-state index contributed by atoms with van der Waals surface area (Å²) in [5.41, 5.74) is 4.90. The first kappa shape index (κ1) is 26.0. The fourth-order valence-corrected chi connectivity index (χ4v) is 4.48. The van der Waals surface area contributed by atoms with Gasteiger partial charge in [0.25, 0.3) is 11.8 Å². The maximum Gasteiger partial charge on any atom is 0.335 e. The number of methoxy groups -OCH3 is 1. The number of amides is 4. The molecular formula is C29H27ClN2O5. The molecule has 190 valence electrons. The van der Waals surface area contributed by atoms with Gasteiger partial charge in [-0.05, 0) is 67.3 Å². The van der Waals surface area contributed by atoms with E-state index in [1.54, 1.807) is 24.3 Å². The lowest BCUT2D eigenvalue weighted by Gasteiger charge is -2.26. The van der Waals surface area contributed by atoms with Crippen molar-refractivity contribution >= 4 is 41.2 Å². The van der Waals surface area contributed by atoms with Gasteiger partial charge in [-0.2, -0.15) is 0 Å². The first-order chi connectivity index (χ1) is 17.7. The van der Waals surface area contributed by atoms with Gasteiger partial charge in [0.2, 0.25) is 0 Å². The summed E-state index contributed by atoms with van der Waals surface area (Å²) in [5, 5.41) is 2.48. The van der Waals surface area contributed by atoms with Crippen molar-refractivity contribution in [2.24, 2.45) is 0 Å². The molecule has 0 aromatic heterocycles. The van der Waals surface area contributed by atoms with Crippen LogP contribution in [0, 0.1) is 13.8 Å². The van der Waals surface area contributed by atoms with E-state index in [9.17, 15) is 14.4 Å². The number of imide groups is 2. The average Bonchev–Trinajstić information content (AvgIpc) is 2.85. The van der Waals surface area contributed by atoms with Gasteiger partial charge >= 0.3 is 6.03 Å². The Balaban J connectivity index is 1.63. The van der Waals surface area contributed by atoms with E-state index < -0.39 is 17.8 Å². The van der Waals surface area contributed by atoms with Gasteiger partial charge in [-0.1, -0.05) is 60.0 Å². The van der Waals surface area contributed by atoms with Crippen LogP contribution >= 0.6 is 11.6 Å². The molecule has 0 radical (unpaired) electrons. The van der Waals surface area contributed by atoms with Gasteiger partial charge in [0.05, 0.1) is 17.8 Å². The van der Waals surface area contributed by atoms with Crippen molar-refractivity contribution in [2.45, 2.75) is 33.8 Å². The standard InChI is InChI=1S/C29H27ClN2O5/c1-5-19-6-8-22(9-7-19)32-28(34)23(27(33)31-29(32)35)13-20-14-24(30)26(25(15-20)36-4)37-16-21-11-17(2)10-18(3)12-21/h6-15H,5,16H2,1-4H3,(H,31,33,35)/b23-13+. The fourth-order valence-electron chi connectivity index (χ4n) is 4.21. The van der Waals surface area contributed by atoms with Crippen LogP contribution in [-0.2, 0) is 22.6 Å². The second-order valence-electron chi connectivity index (χ2n) is 8.80. The Bertz CT molecular complexity index is 1390. The van der Waals surface area contributed by atoms with Crippen LogP contribution in [0.25, 0.3) is 6.08 Å². The summed E-state index contributed by atoms with van der Waals surface area (Å²) in [6.07, 6.45) is 2.19. The third-order valence-corrected chi connectivity index (χ3v) is 6.21. The van der Waals surface area contributed by atoms with E-state index in [1.165, 1.54) is 13.2 Å². The van der Waals surface area contributed by atoms with E-state index in [0.29, 0.717) is 22.7 Å². The second kappa shape index (κ2) is 10.9. The average molecular weight is 519 g/mol. The molecule has 0 atom stereocenters. The first-order valence-electron chi connectivity index (χ1n) is 11.8. The number of carbonyl (C=O) groups is 3. The van der Waals surface area contributed by atoms with Crippen molar-refractivity contribution in [3.63, 3.8) is 0 Å². The number of hydrogen-bond donors (Lipinski definition) is 1. The normalized spacial score (nSPS) is 14.7. The van der Waals surface area contributed by atoms with Gasteiger partial charge in [-0.15, -0.1) is 0 Å². The van der Waals surface area contributed by atoms with Crippen molar-refractivity contribution in [3.8, 4) is 11.5 Å². The summed E-state index contributed by atoms with van der Waals surface area (Å²) in [7, 11) is 1.48. The number of aryl methyl sites for hydroxylation is 3. The summed E-state index contributed by atoms with van der Waals surface area (Å²) in [6.45, 7) is 6.33. The predicted octanol–water partition coefficient (Wildman–Crippen LogP) is 5.77. The summed E-state index contributed by atoms with van der Waals surface area (Å²) in [6, 6.07) is 15.5. The number of halogens is 1. The van der Waals surface area contributed by atoms with Gasteiger partial charge < -0.3 is 9.47 Å². The Morgan fingerprint density at radius 3 is 2.24 bits per heavy atom. The minimum absolute atomic E-state index is 0.207. The van der Waals surface area contributed by atoms with Gasteiger partial charge in [0, 0.05) is 0 Å². The zero-order chi connectivity index (χ0) is 26.7. The highest BCUT2D eigenvalue weighted by Gasteiger charge is 2.36. The molecule has 1 aliphatic heterocycles. The Morgan fingerprint density at radius 2 is 1.62 bits per heavy atom. The highest BCUT2D eigenvalue weighted by Crippen LogP contribution is 2.38. The zero-order valence-corrected chi connectivity index (χ0v) is 21.8. The number of benzene rings is 3. The van der Waals surface area contributed by atoms with Crippen LogP contribution in [0.4, 0.5) is 10.5 Å². The Kier molecular flexibility index (Phi) is 7.64. The topological polar surface area (TPSA) is 84.9 Å². The molecule has 1 saturated heterocycles. The second-order valence-corrected chi connectivity index (χ2v) is 9.20. The maximum absolute atomic E-state index is 13.2. The molecule has 0 unspecified atom stereocenters. The largest absolute Gasteiger partial charge is 0.493 e. The number of rotatable bonds is 7. The van der Waals surface area contributed by atoms with Crippen LogP contribution in [0.15, 0.2) is 60.2 Å². The third kappa shape index (κ3) is 5.67. The molecule has 7 nitrogen and oxygen atoms in total. The molecule has 0 spiro atoms. The van der Waals surface area contributed by atoms with E-state index in [0.717, 1.165) is 33.6 Å². The molecule has 3 aromatic rings. The Labute approximate surface area is 220 Å². The monoisotopic (exact) mass is 518 g/mol. The summed E-state index contributed by atoms with van der Waals surface area (Å²) in [5.74, 6) is -0.835. The molecule has 37 heavy (non-hydrogen) atoms. The first-order valence-corrected chi connectivity index (χ1v) is 12.2. The minimum Gasteiger partial charge on any atom is -0.493 e. The molecule has 0 aliphatic carbocycles. The number of nitrogens with one attached hydrogen (secondary N) is 1. The van der Waals surface area contributed by atoms with E-state index >= 15 is 0 Å². The smallest absolute Gasteiger partial charge is 0.335 e. The van der Waals surface area contributed by atoms with Crippen LogP contribution in [0.5, 0.6) is 11.5 Å². The van der Waals surface area contributed by atoms with Crippen LogP contribution < -0.4 is 19.7 Å². The van der Waals surface area contributed by atoms with Crippen LogP contribution in [0.3, 0.4) is 0 Å². The van der Waals surface area contributed by atoms with Gasteiger partial charge in [-0.3, -0.25) is 14.9 Å². The Morgan fingerprint density at radius 1 is 0.946 bits per heavy atom. The minimum atomic E-state index is -0.804. The Hall–Kier alpha value is -4.10. The number of urea groups is 1. The lowest BCUT2D eigenvalue weighted by atomic mass is 10.1. The number of nitrogens with zero attached hydrogens (tertiary/aromatic N) is 1. The van der Waals surface area contributed by atoms with Gasteiger partial charge in [0.15, 0.2) is 11.5 Å². The number of hydrogen-bond acceptors (Lipinski definition) is 5. The van der Waals surface area contributed by atoms with Crippen LogP contribution in [0.1, 0.15) is 34.7 Å². The maximum atomic E-state index is 13.2. The molecule has 0 bridgehead atoms. The van der Waals surface area contributed by atoms with E-state index in [4.69, 9.17) is 21.1 Å². The van der Waals surface area contributed by atoms with E-state index in [-0.39, 0.29) is 17.2 Å². The summed E-state index contributed by atoms with van der Waals surface area (Å²) in [4.78, 5) is 39.2. The quantitative estimate of drug-likeness (QED) is 0.317. The molecule has 1 heterocycles. The number of barbiturate groups is 1. The molecule has 8 heteroatoms. The highest BCUT2D eigenvalue weighted by molar-refractivity contribution is 6.39. The fraction of sp³-hybridized carbons (Fsp3) is 0.207. The molecule has 4 rings (SSSR count). The zero-order valence-electron chi connectivity index (χ0n) is 21.1. The summed E-state index contributed by atoms with van der Waals surface area (Å²) >= 11 is 6.52. The van der Waals surface area contributed by atoms with Gasteiger partial charge in [0.1, 0.15) is 12.2 Å². The van der Waals surface area contributed by atoms with Crippen molar-refractivity contribution in [2.75, 3.05) is 12.0 Å². The molecule has 1 N–H and O–H groups in total. The lowest BCUT2D eigenvalue weighted by Crippen LogP contribution is -2.54. The van der Waals surface area contributed by atoms with Crippen LogP contribution in [0.2, 0.25) is 5.02 Å². The third-order valence-electron chi connectivity index (χ3n) is 5.93. The molecule has 1 fully saturated rings. The van der Waals surface area contributed by atoms with Crippen molar-refractivity contribution in [1.29, 1.82) is 0 Å². The number of ether oxygens (including phenoxy) is 2. The van der Waals surface area contributed by atoms with Crippen molar-refractivity contribution in [1.82, 2.24) is 5.32 Å². The lowest BCUT2D eigenvalue weighted by molar-refractivity contribution is -0.122. The number of carbonyl (C=O) groups excluding carboxylic acids is 3. The molecular weight excluding hydrogens is 492 g/mol.